The first-order chi connectivity index (χ1) is 13.3. The van der Waals surface area contributed by atoms with Gasteiger partial charge in [-0.15, -0.1) is 0 Å². The molecular weight excluding hydrogens is 371 g/mol. The number of nitrogens with zero attached hydrogens (tertiary/aromatic N) is 1. The van der Waals surface area contributed by atoms with E-state index in [1.807, 2.05) is 4.90 Å². The number of alkyl halides is 3. The molecular formula is C21H22F3NO3. The van der Waals surface area contributed by atoms with Crippen LogP contribution in [0.4, 0.5) is 13.2 Å². The topological polar surface area (TPSA) is 53.7 Å². The van der Waals surface area contributed by atoms with Crippen molar-refractivity contribution in [3.63, 3.8) is 0 Å². The van der Waals surface area contributed by atoms with Gasteiger partial charge < -0.3 is 9.52 Å². The first kappa shape index (κ1) is 19.1. The van der Waals surface area contributed by atoms with Gasteiger partial charge in [0.2, 0.25) is 0 Å². The summed E-state index contributed by atoms with van der Waals surface area (Å²) in [5.74, 6) is 0.504. The number of likely N-dealkylation sites (tertiary alicyclic amines) is 1. The van der Waals surface area contributed by atoms with E-state index in [0.717, 1.165) is 37.8 Å². The van der Waals surface area contributed by atoms with Crippen LogP contribution in [-0.2, 0) is 17.5 Å². The Morgan fingerprint density at radius 2 is 1.96 bits per heavy atom. The van der Waals surface area contributed by atoms with Gasteiger partial charge in [0, 0.05) is 11.6 Å². The van der Waals surface area contributed by atoms with Crippen molar-refractivity contribution in [3.05, 3.63) is 47.7 Å². The van der Waals surface area contributed by atoms with Crippen LogP contribution in [0.2, 0.25) is 0 Å². The lowest BCUT2D eigenvalue weighted by molar-refractivity contribution is -0.143. The lowest BCUT2D eigenvalue weighted by Crippen LogP contribution is -2.41. The van der Waals surface area contributed by atoms with Crippen molar-refractivity contribution in [3.8, 4) is 11.3 Å². The number of rotatable bonds is 4. The lowest BCUT2D eigenvalue weighted by Gasteiger charge is -2.32. The predicted molar refractivity (Wildman–Crippen MR) is 96.5 cm³/mol. The first-order valence-corrected chi connectivity index (χ1v) is 9.58. The second-order valence-corrected chi connectivity index (χ2v) is 7.72. The maximum absolute atomic E-state index is 12.9. The Kier molecular flexibility index (Phi) is 4.95. The molecule has 3 unspecified atom stereocenters. The minimum absolute atomic E-state index is 0.233. The fourth-order valence-corrected chi connectivity index (χ4v) is 4.67. The molecule has 28 heavy (non-hydrogen) atoms. The van der Waals surface area contributed by atoms with Gasteiger partial charge in [-0.1, -0.05) is 25.0 Å². The van der Waals surface area contributed by atoms with Crippen LogP contribution < -0.4 is 0 Å². The molecule has 1 aromatic heterocycles. The van der Waals surface area contributed by atoms with Crippen molar-refractivity contribution in [2.45, 2.75) is 56.9 Å². The van der Waals surface area contributed by atoms with Crippen molar-refractivity contribution >= 4 is 5.97 Å². The average Bonchev–Trinajstić information content (AvgIpc) is 3.27. The Balaban J connectivity index is 1.55. The van der Waals surface area contributed by atoms with Crippen LogP contribution in [0.25, 0.3) is 11.3 Å². The second-order valence-electron chi connectivity index (χ2n) is 7.72. The quantitative estimate of drug-likeness (QED) is 0.777. The van der Waals surface area contributed by atoms with Crippen molar-refractivity contribution in [2.75, 3.05) is 0 Å². The number of carbonyl (C=O) groups is 1. The van der Waals surface area contributed by atoms with E-state index < -0.39 is 23.8 Å². The smallest absolute Gasteiger partial charge is 0.416 e. The third-order valence-electron chi connectivity index (χ3n) is 5.98. The van der Waals surface area contributed by atoms with E-state index >= 15 is 0 Å². The van der Waals surface area contributed by atoms with Crippen LogP contribution in [0.15, 0.2) is 40.8 Å². The number of hydrogen-bond acceptors (Lipinski definition) is 3. The van der Waals surface area contributed by atoms with Crippen LogP contribution in [-0.4, -0.2) is 28.1 Å². The van der Waals surface area contributed by atoms with Crippen LogP contribution >= 0.6 is 0 Å². The Morgan fingerprint density at radius 3 is 2.71 bits per heavy atom. The summed E-state index contributed by atoms with van der Waals surface area (Å²) in [6, 6.07) is 8.10. The summed E-state index contributed by atoms with van der Waals surface area (Å²) in [4.78, 5) is 13.7. The largest absolute Gasteiger partial charge is 0.480 e. The summed E-state index contributed by atoms with van der Waals surface area (Å²) in [6.45, 7) is 0.358. The highest BCUT2D eigenvalue weighted by Crippen LogP contribution is 2.41. The Hall–Kier alpha value is -2.28. The van der Waals surface area contributed by atoms with E-state index in [2.05, 4.69) is 0 Å². The summed E-state index contributed by atoms with van der Waals surface area (Å²) in [5, 5.41) is 9.62. The molecule has 2 fully saturated rings. The SMILES string of the molecule is O=C(O)C1CC2CCCCC2N1Cc1ccc(-c2cccc(C(F)(F)F)c2)o1. The number of hydrogen-bond donors (Lipinski definition) is 1. The molecule has 2 aliphatic rings. The van der Waals surface area contributed by atoms with Gasteiger partial charge in [0.25, 0.3) is 0 Å². The van der Waals surface area contributed by atoms with E-state index in [1.165, 1.54) is 6.07 Å². The average molecular weight is 393 g/mol. The second kappa shape index (κ2) is 7.28. The van der Waals surface area contributed by atoms with Crippen molar-refractivity contribution in [2.24, 2.45) is 5.92 Å². The molecule has 1 aliphatic carbocycles. The molecule has 0 spiro atoms. The van der Waals surface area contributed by atoms with E-state index in [4.69, 9.17) is 4.42 Å². The third-order valence-corrected chi connectivity index (χ3v) is 5.98. The maximum atomic E-state index is 12.9. The highest BCUT2D eigenvalue weighted by molar-refractivity contribution is 5.74. The number of fused-ring (bicyclic) bond motifs is 1. The maximum Gasteiger partial charge on any atom is 0.416 e. The molecule has 1 saturated heterocycles. The minimum Gasteiger partial charge on any atom is -0.480 e. The zero-order chi connectivity index (χ0) is 19.9. The van der Waals surface area contributed by atoms with Gasteiger partial charge in [0.05, 0.1) is 12.1 Å². The van der Waals surface area contributed by atoms with Gasteiger partial charge in [-0.25, -0.2) is 0 Å². The zero-order valence-corrected chi connectivity index (χ0v) is 15.3. The Morgan fingerprint density at radius 1 is 1.18 bits per heavy atom. The molecule has 1 aliphatic heterocycles. The van der Waals surface area contributed by atoms with Gasteiger partial charge in [-0.05, 0) is 49.4 Å². The number of carboxylic acid groups (broad SMARTS) is 1. The summed E-state index contributed by atoms with van der Waals surface area (Å²) < 4.78 is 44.6. The summed E-state index contributed by atoms with van der Waals surface area (Å²) in [7, 11) is 0. The molecule has 1 aromatic carbocycles. The number of aliphatic carboxylic acids is 1. The third kappa shape index (κ3) is 3.68. The van der Waals surface area contributed by atoms with Crippen LogP contribution in [0.3, 0.4) is 0 Å². The molecule has 4 rings (SSSR count). The summed E-state index contributed by atoms with van der Waals surface area (Å²) >= 11 is 0. The van der Waals surface area contributed by atoms with Crippen molar-refractivity contribution in [1.82, 2.24) is 4.90 Å². The monoisotopic (exact) mass is 393 g/mol. The zero-order valence-electron chi connectivity index (χ0n) is 15.3. The highest BCUT2D eigenvalue weighted by atomic mass is 19.4. The molecule has 0 amide bonds. The van der Waals surface area contributed by atoms with E-state index in [1.54, 1.807) is 18.2 Å². The molecule has 4 nitrogen and oxygen atoms in total. The molecule has 1 N–H and O–H groups in total. The normalized spacial score (nSPS) is 25.6. The highest BCUT2D eigenvalue weighted by Gasteiger charge is 2.45. The number of benzene rings is 1. The van der Waals surface area contributed by atoms with Crippen LogP contribution in [0.1, 0.15) is 43.4 Å². The van der Waals surface area contributed by atoms with Crippen LogP contribution in [0.5, 0.6) is 0 Å². The molecule has 150 valence electrons. The molecule has 2 aromatic rings. The van der Waals surface area contributed by atoms with E-state index in [9.17, 15) is 23.1 Å². The van der Waals surface area contributed by atoms with Gasteiger partial charge in [0.15, 0.2) is 0 Å². The van der Waals surface area contributed by atoms with Gasteiger partial charge in [0.1, 0.15) is 17.6 Å². The van der Waals surface area contributed by atoms with Gasteiger partial charge in [-0.3, -0.25) is 9.69 Å². The predicted octanol–water partition coefficient (Wildman–Crippen LogP) is 5.18. The number of furan rings is 1. The number of carboxylic acids is 1. The molecule has 3 atom stereocenters. The van der Waals surface area contributed by atoms with Gasteiger partial charge >= 0.3 is 12.1 Å². The molecule has 2 heterocycles. The minimum atomic E-state index is -4.41. The van der Waals surface area contributed by atoms with E-state index in [-0.39, 0.29) is 6.04 Å². The first-order valence-electron chi connectivity index (χ1n) is 9.58. The lowest BCUT2D eigenvalue weighted by atomic mass is 9.85. The molecule has 7 heteroatoms. The van der Waals surface area contributed by atoms with Crippen LogP contribution in [0, 0.1) is 5.92 Å². The fraction of sp³-hybridized carbons (Fsp3) is 0.476. The van der Waals surface area contributed by atoms with E-state index in [0.29, 0.717) is 36.0 Å². The standard InChI is InChI=1S/C21H22F3NO3/c22-21(23,24)15-6-3-5-14(10-15)19-9-8-16(28-19)12-25-17-7-2-1-4-13(17)11-18(25)20(26)27/h3,5-6,8-10,13,17-18H,1-2,4,7,11-12H2,(H,26,27). The molecule has 0 radical (unpaired) electrons. The van der Waals surface area contributed by atoms with Crippen molar-refractivity contribution in [1.29, 1.82) is 0 Å². The van der Waals surface area contributed by atoms with Crippen molar-refractivity contribution < 1.29 is 27.5 Å². The Bertz CT molecular complexity index is 861. The Labute approximate surface area is 160 Å². The molecule has 0 bridgehead atoms. The van der Waals surface area contributed by atoms with Gasteiger partial charge in [-0.2, -0.15) is 13.2 Å². The summed E-state index contributed by atoms with van der Waals surface area (Å²) in [6.07, 6.45) is 0.514. The molecule has 1 saturated carbocycles. The fourth-order valence-electron chi connectivity index (χ4n) is 4.67. The number of halogens is 3. The summed E-state index contributed by atoms with van der Waals surface area (Å²) in [5.41, 5.74) is -0.369.